The number of ether oxygens (including phenoxy) is 2. The van der Waals surface area contributed by atoms with Crippen molar-refractivity contribution in [2.45, 2.75) is 24.9 Å². The highest BCUT2D eigenvalue weighted by atomic mass is 16.5. The predicted molar refractivity (Wildman–Crippen MR) is 67.9 cm³/mol. The Labute approximate surface area is 114 Å². The highest BCUT2D eigenvalue weighted by Gasteiger charge is 2.35. The standard InChI is InChI=1S/C11H15N5O4/c1-19-11-14-9(12)8-10(15-11)16(4-13-8)7-2-5(18)6(3-17)20-7/h4-7,17-18H,2-3H2,1H3,(H2,12,14,15)/t5-,6+,7-/m0/s1. The minimum Gasteiger partial charge on any atom is -0.467 e. The summed E-state index contributed by atoms with van der Waals surface area (Å²) in [4.78, 5) is 12.3. The van der Waals surface area contributed by atoms with Gasteiger partial charge in [-0.2, -0.15) is 9.97 Å². The number of imidazole rings is 1. The summed E-state index contributed by atoms with van der Waals surface area (Å²) in [6, 6.07) is 0.133. The lowest BCUT2D eigenvalue weighted by atomic mass is 10.2. The van der Waals surface area contributed by atoms with Gasteiger partial charge in [-0.1, -0.05) is 0 Å². The molecule has 4 N–H and O–H groups in total. The molecule has 3 heterocycles. The van der Waals surface area contributed by atoms with Crippen molar-refractivity contribution in [3.05, 3.63) is 6.33 Å². The first kappa shape index (κ1) is 13.0. The maximum absolute atomic E-state index is 9.78. The molecule has 2 aromatic rings. The summed E-state index contributed by atoms with van der Waals surface area (Å²) in [5, 5.41) is 18.9. The van der Waals surface area contributed by atoms with Crippen molar-refractivity contribution in [2.24, 2.45) is 0 Å². The molecular weight excluding hydrogens is 266 g/mol. The van der Waals surface area contributed by atoms with Crippen molar-refractivity contribution in [3.63, 3.8) is 0 Å². The fraction of sp³-hybridized carbons (Fsp3) is 0.545. The van der Waals surface area contributed by atoms with E-state index >= 15 is 0 Å². The summed E-state index contributed by atoms with van der Waals surface area (Å²) in [6.07, 6.45) is 0.0445. The molecule has 2 aromatic heterocycles. The van der Waals surface area contributed by atoms with E-state index in [1.807, 2.05) is 0 Å². The van der Waals surface area contributed by atoms with Gasteiger partial charge < -0.3 is 25.4 Å². The number of rotatable bonds is 3. The largest absolute Gasteiger partial charge is 0.467 e. The van der Waals surface area contributed by atoms with E-state index in [9.17, 15) is 5.11 Å². The molecule has 0 amide bonds. The van der Waals surface area contributed by atoms with Crippen LogP contribution in [0.1, 0.15) is 12.6 Å². The molecule has 9 nitrogen and oxygen atoms in total. The van der Waals surface area contributed by atoms with E-state index < -0.39 is 18.4 Å². The molecule has 0 spiro atoms. The summed E-state index contributed by atoms with van der Waals surface area (Å²) in [7, 11) is 1.44. The van der Waals surface area contributed by atoms with Crippen LogP contribution in [0.15, 0.2) is 6.33 Å². The van der Waals surface area contributed by atoms with Gasteiger partial charge in [-0.25, -0.2) is 4.98 Å². The normalized spacial score (nSPS) is 26.2. The van der Waals surface area contributed by atoms with Crippen LogP contribution in [0.25, 0.3) is 11.2 Å². The van der Waals surface area contributed by atoms with Crippen LogP contribution >= 0.6 is 0 Å². The van der Waals surface area contributed by atoms with Crippen molar-refractivity contribution >= 4 is 17.0 Å². The van der Waals surface area contributed by atoms with Gasteiger partial charge in [0.05, 0.1) is 26.1 Å². The van der Waals surface area contributed by atoms with Crippen molar-refractivity contribution < 1.29 is 19.7 Å². The number of fused-ring (bicyclic) bond motifs is 1. The van der Waals surface area contributed by atoms with Gasteiger partial charge in [-0.05, 0) is 0 Å². The number of hydrogen-bond donors (Lipinski definition) is 3. The van der Waals surface area contributed by atoms with Crippen LogP contribution < -0.4 is 10.5 Å². The second-order valence-corrected chi connectivity index (χ2v) is 4.53. The molecule has 1 saturated heterocycles. The molecule has 0 radical (unpaired) electrons. The van der Waals surface area contributed by atoms with E-state index in [0.29, 0.717) is 17.6 Å². The van der Waals surface area contributed by atoms with E-state index in [4.69, 9.17) is 20.3 Å². The lowest BCUT2D eigenvalue weighted by Crippen LogP contribution is -2.24. The Kier molecular flexibility index (Phi) is 3.16. The molecule has 1 fully saturated rings. The first-order chi connectivity index (χ1) is 9.63. The number of methoxy groups -OCH3 is 1. The van der Waals surface area contributed by atoms with E-state index in [0.717, 1.165) is 0 Å². The molecule has 1 aliphatic rings. The number of aromatic nitrogens is 4. The van der Waals surface area contributed by atoms with Crippen LogP contribution in [-0.4, -0.2) is 55.7 Å². The molecule has 0 aromatic carbocycles. The molecule has 20 heavy (non-hydrogen) atoms. The number of aliphatic hydroxyl groups excluding tert-OH is 2. The van der Waals surface area contributed by atoms with Gasteiger partial charge in [0.2, 0.25) is 0 Å². The topological polar surface area (TPSA) is 129 Å². The van der Waals surface area contributed by atoms with Gasteiger partial charge in [-0.15, -0.1) is 0 Å². The number of hydrogen-bond acceptors (Lipinski definition) is 8. The summed E-state index contributed by atoms with van der Waals surface area (Å²) in [6.45, 7) is -0.245. The Morgan fingerprint density at radius 2 is 2.35 bits per heavy atom. The fourth-order valence-electron chi connectivity index (χ4n) is 2.27. The van der Waals surface area contributed by atoms with E-state index in [2.05, 4.69) is 15.0 Å². The van der Waals surface area contributed by atoms with Crippen LogP contribution in [0.4, 0.5) is 5.82 Å². The number of nitrogen functional groups attached to an aromatic ring is 1. The van der Waals surface area contributed by atoms with Gasteiger partial charge in [0.1, 0.15) is 12.3 Å². The Bertz CT molecular complexity index is 631. The quantitative estimate of drug-likeness (QED) is 0.657. The van der Waals surface area contributed by atoms with Crippen LogP contribution in [-0.2, 0) is 4.74 Å². The Balaban J connectivity index is 2.02. The average Bonchev–Trinajstić information content (AvgIpc) is 3.01. The maximum Gasteiger partial charge on any atom is 0.320 e. The van der Waals surface area contributed by atoms with Crippen molar-refractivity contribution in [1.82, 2.24) is 19.5 Å². The first-order valence-corrected chi connectivity index (χ1v) is 6.12. The van der Waals surface area contributed by atoms with Gasteiger partial charge in [0, 0.05) is 6.42 Å². The fourth-order valence-corrected chi connectivity index (χ4v) is 2.27. The third-order valence-electron chi connectivity index (χ3n) is 3.30. The summed E-state index contributed by atoms with van der Waals surface area (Å²) >= 11 is 0. The summed E-state index contributed by atoms with van der Waals surface area (Å²) in [5.74, 6) is 0.211. The highest BCUT2D eigenvalue weighted by Crippen LogP contribution is 2.31. The number of anilines is 1. The molecule has 9 heteroatoms. The molecular formula is C11H15N5O4. The average molecular weight is 281 g/mol. The second kappa shape index (κ2) is 4.85. The molecule has 0 saturated carbocycles. The van der Waals surface area contributed by atoms with Crippen LogP contribution in [0.3, 0.4) is 0 Å². The summed E-state index contributed by atoms with van der Waals surface area (Å²) in [5.41, 5.74) is 6.69. The Morgan fingerprint density at radius 3 is 3.00 bits per heavy atom. The zero-order chi connectivity index (χ0) is 14.3. The highest BCUT2D eigenvalue weighted by molar-refractivity contribution is 5.81. The Hall–Kier alpha value is -1.97. The molecule has 3 rings (SSSR count). The third kappa shape index (κ3) is 1.96. The van der Waals surface area contributed by atoms with E-state index in [1.54, 1.807) is 4.57 Å². The van der Waals surface area contributed by atoms with E-state index in [1.165, 1.54) is 13.4 Å². The summed E-state index contributed by atoms with van der Waals surface area (Å²) < 4.78 is 12.2. The van der Waals surface area contributed by atoms with Crippen LogP contribution in [0, 0.1) is 0 Å². The zero-order valence-electron chi connectivity index (χ0n) is 10.8. The molecule has 0 bridgehead atoms. The minimum absolute atomic E-state index is 0.133. The van der Waals surface area contributed by atoms with Crippen molar-refractivity contribution in [1.29, 1.82) is 0 Å². The number of aliphatic hydroxyl groups is 2. The smallest absolute Gasteiger partial charge is 0.320 e. The molecule has 3 atom stereocenters. The van der Waals surface area contributed by atoms with Crippen LogP contribution in [0.2, 0.25) is 0 Å². The third-order valence-corrected chi connectivity index (χ3v) is 3.30. The van der Waals surface area contributed by atoms with Gasteiger partial charge in [-0.3, -0.25) is 4.57 Å². The molecule has 108 valence electrons. The maximum atomic E-state index is 9.78. The molecule has 0 unspecified atom stereocenters. The van der Waals surface area contributed by atoms with Gasteiger partial charge in [0.25, 0.3) is 0 Å². The van der Waals surface area contributed by atoms with Crippen LogP contribution in [0.5, 0.6) is 6.01 Å². The van der Waals surface area contributed by atoms with E-state index in [-0.39, 0.29) is 18.4 Å². The minimum atomic E-state index is -0.733. The SMILES string of the molecule is COc1nc(N)c2ncn([C@@H]3C[C@H](O)[C@@H](CO)O3)c2n1. The Morgan fingerprint density at radius 1 is 1.55 bits per heavy atom. The van der Waals surface area contributed by atoms with Gasteiger partial charge >= 0.3 is 6.01 Å². The van der Waals surface area contributed by atoms with Gasteiger partial charge in [0.15, 0.2) is 17.0 Å². The monoisotopic (exact) mass is 281 g/mol. The molecule has 0 aliphatic carbocycles. The lowest BCUT2D eigenvalue weighted by Gasteiger charge is -2.13. The molecule has 1 aliphatic heterocycles. The second-order valence-electron chi connectivity index (χ2n) is 4.53. The number of nitrogens with zero attached hydrogens (tertiary/aromatic N) is 4. The predicted octanol–water partition coefficient (Wildman–Crippen LogP) is -0.942. The lowest BCUT2D eigenvalue weighted by molar-refractivity contribution is -0.0432. The van der Waals surface area contributed by atoms with Crippen molar-refractivity contribution in [3.8, 4) is 6.01 Å². The number of nitrogens with two attached hydrogens (primary N) is 1. The zero-order valence-corrected chi connectivity index (χ0v) is 10.8. The first-order valence-electron chi connectivity index (χ1n) is 6.12. The van der Waals surface area contributed by atoms with Crippen molar-refractivity contribution in [2.75, 3.05) is 19.5 Å².